The van der Waals surface area contributed by atoms with E-state index in [2.05, 4.69) is 6.92 Å². The summed E-state index contributed by atoms with van der Waals surface area (Å²) in [5, 5.41) is 9.83. The van der Waals surface area contributed by atoms with Gasteiger partial charge >= 0.3 is 18.9 Å². The fourth-order valence-electron chi connectivity index (χ4n) is 0.692. The number of hydrogen-bond donors (Lipinski definition) is 0. The summed E-state index contributed by atoms with van der Waals surface area (Å²) >= 11 is 0. The minimum atomic E-state index is -1.10. The van der Waals surface area contributed by atoms with Gasteiger partial charge in [-0.2, -0.15) is 0 Å². The number of carbonyl (C=O) groups excluding carboxylic acids is 1. The average molecular weight is 148 g/mol. The molecule has 0 spiro atoms. The first-order chi connectivity index (χ1) is 4.77. The second kappa shape index (κ2) is 9.81. The van der Waals surface area contributed by atoms with E-state index in [9.17, 15) is 9.90 Å². The molecule has 0 saturated heterocycles. The minimum absolute atomic E-state index is 0. The molecule has 0 bridgehead atoms. The van der Waals surface area contributed by atoms with Crippen LogP contribution in [-0.2, 0) is 4.79 Å². The Labute approximate surface area is 79.9 Å². The van der Waals surface area contributed by atoms with Gasteiger partial charge in [0.2, 0.25) is 0 Å². The SMILES string of the molecule is CCCCC/C=C/C(=O)[O-].[Li+]. The van der Waals surface area contributed by atoms with Crippen LogP contribution < -0.4 is 24.0 Å². The van der Waals surface area contributed by atoms with Gasteiger partial charge in [-0.15, -0.1) is 0 Å². The summed E-state index contributed by atoms with van der Waals surface area (Å²) in [5.74, 6) is -1.10. The molecule has 58 valence electrons. The van der Waals surface area contributed by atoms with Crippen molar-refractivity contribution in [3.05, 3.63) is 12.2 Å². The minimum Gasteiger partial charge on any atom is -0.545 e. The maximum atomic E-state index is 9.83. The van der Waals surface area contributed by atoms with Gasteiger partial charge in [0.05, 0.1) is 5.97 Å². The molecular formula is C8H13LiO2. The van der Waals surface area contributed by atoms with Crippen LogP contribution in [0.2, 0.25) is 0 Å². The molecular weight excluding hydrogens is 135 g/mol. The van der Waals surface area contributed by atoms with E-state index in [4.69, 9.17) is 0 Å². The number of allylic oxidation sites excluding steroid dienone is 1. The molecule has 0 aromatic carbocycles. The summed E-state index contributed by atoms with van der Waals surface area (Å²) in [7, 11) is 0. The van der Waals surface area contributed by atoms with Crippen LogP contribution in [0.4, 0.5) is 0 Å². The van der Waals surface area contributed by atoms with Gasteiger partial charge in [-0.05, 0) is 18.9 Å². The Kier molecular flexibility index (Phi) is 11.9. The van der Waals surface area contributed by atoms with Crippen molar-refractivity contribution >= 4 is 5.97 Å². The maximum absolute atomic E-state index is 9.83. The second-order valence-electron chi connectivity index (χ2n) is 2.22. The molecule has 11 heavy (non-hydrogen) atoms. The molecule has 0 atom stereocenters. The first-order valence-electron chi connectivity index (χ1n) is 3.65. The van der Waals surface area contributed by atoms with Crippen molar-refractivity contribution in [1.82, 2.24) is 0 Å². The van der Waals surface area contributed by atoms with E-state index in [-0.39, 0.29) is 18.9 Å². The Morgan fingerprint density at radius 3 is 2.55 bits per heavy atom. The molecule has 0 N–H and O–H groups in total. The van der Waals surface area contributed by atoms with E-state index in [0.29, 0.717) is 0 Å². The zero-order valence-corrected chi connectivity index (χ0v) is 7.30. The molecule has 0 aliphatic rings. The van der Waals surface area contributed by atoms with Crippen LogP contribution in [0.3, 0.4) is 0 Å². The zero-order valence-electron chi connectivity index (χ0n) is 7.30. The average Bonchev–Trinajstić information content (AvgIpc) is 1.87. The summed E-state index contributed by atoms with van der Waals surface area (Å²) < 4.78 is 0. The van der Waals surface area contributed by atoms with Crippen LogP contribution in [0.25, 0.3) is 0 Å². The summed E-state index contributed by atoms with van der Waals surface area (Å²) in [6.07, 6.45) is 6.99. The van der Waals surface area contributed by atoms with Crippen LogP contribution in [0.15, 0.2) is 12.2 Å². The first-order valence-corrected chi connectivity index (χ1v) is 3.65. The van der Waals surface area contributed by atoms with Gasteiger partial charge in [-0.25, -0.2) is 0 Å². The number of carboxylic acid groups (broad SMARTS) is 1. The molecule has 0 aliphatic heterocycles. The summed E-state index contributed by atoms with van der Waals surface area (Å²) in [6, 6.07) is 0. The van der Waals surface area contributed by atoms with E-state index >= 15 is 0 Å². The molecule has 3 heteroatoms. The van der Waals surface area contributed by atoms with E-state index in [1.165, 1.54) is 6.42 Å². The van der Waals surface area contributed by atoms with Gasteiger partial charge in [-0.3, -0.25) is 0 Å². The molecule has 0 heterocycles. The number of carbonyl (C=O) groups is 1. The molecule has 0 fully saturated rings. The van der Waals surface area contributed by atoms with E-state index in [1.807, 2.05) is 0 Å². The number of carboxylic acids is 1. The van der Waals surface area contributed by atoms with E-state index in [1.54, 1.807) is 6.08 Å². The predicted octanol–water partition coefficient (Wildman–Crippen LogP) is -2.12. The van der Waals surface area contributed by atoms with Crippen molar-refractivity contribution < 1.29 is 28.8 Å². The van der Waals surface area contributed by atoms with Crippen molar-refractivity contribution in [2.24, 2.45) is 0 Å². The number of unbranched alkanes of at least 4 members (excludes halogenated alkanes) is 3. The van der Waals surface area contributed by atoms with Crippen LogP contribution >= 0.6 is 0 Å². The van der Waals surface area contributed by atoms with E-state index in [0.717, 1.165) is 25.3 Å². The van der Waals surface area contributed by atoms with Crippen molar-refractivity contribution in [2.45, 2.75) is 32.6 Å². The Balaban J connectivity index is 0. The van der Waals surface area contributed by atoms with Crippen molar-refractivity contribution in [3.63, 3.8) is 0 Å². The molecule has 0 saturated carbocycles. The quantitative estimate of drug-likeness (QED) is 0.254. The van der Waals surface area contributed by atoms with Gasteiger partial charge in [0.25, 0.3) is 0 Å². The van der Waals surface area contributed by atoms with Gasteiger partial charge < -0.3 is 9.90 Å². The third kappa shape index (κ3) is 12.9. The fraction of sp³-hybridized carbons (Fsp3) is 0.625. The smallest absolute Gasteiger partial charge is 0.545 e. The third-order valence-electron chi connectivity index (χ3n) is 1.23. The Hall–Kier alpha value is -0.193. The standard InChI is InChI=1S/C8H14O2.Li/c1-2-3-4-5-6-7-8(9)10;/h6-7H,2-5H2,1H3,(H,9,10);/q;+1/p-1/b7-6+;. The normalized spacial score (nSPS) is 9.55. The fourth-order valence-corrected chi connectivity index (χ4v) is 0.692. The van der Waals surface area contributed by atoms with Crippen molar-refractivity contribution in [2.75, 3.05) is 0 Å². The maximum Gasteiger partial charge on any atom is 1.00 e. The molecule has 0 rings (SSSR count). The molecule has 0 aromatic rings. The summed E-state index contributed by atoms with van der Waals surface area (Å²) in [6.45, 7) is 2.11. The Bertz CT molecular complexity index is 121. The number of aliphatic carboxylic acids is 1. The van der Waals surface area contributed by atoms with Crippen LogP contribution in [0.1, 0.15) is 32.6 Å². The van der Waals surface area contributed by atoms with Crippen molar-refractivity contribution in [1.29, 1.82) is 0 Å². The van der Waals surface area contributed by atoms with Crippen LogP contribution in [-0.4, -0.2) is 5.97 Å². The van der Waals surface area contributed by atoms with Gasteiger partial charge in [0.15, 0.2) is 0 Å². The molecule has 2 nitrogen and oxygen atoms in total. The molecule has 0 amide bonds. The summed E-state index contributed by atoms with van der Waals surface area (Å²) in [5.41, 5.74) is 0. The monoisotopic (exact) mass is 148 g/mol. The molecule has 0 aromatic heterocycles. The zero-order chi connectivity index (χ0) is 7.82. The van der Waals surface area contributed by atoms with E-state index < -0.39 is 5.97 Å². The van der Waals surface area contributed by atoms with Gasteiger partial charge in [-0.1, -0.05) is 25.8 Å². The third-order valence-corrected chi connectivity index (χ3v) is 1.23. The van der Waals surface area contributed by atoms with Crippen LogP contribution in [0, 0.1) is 0 Å². The van der Waals surface area contributed by atoms with Crippen molar-refractivity contribution in [3.8, 4) is 0 Å². The van der Waals surface area contributed by atoms with Gasteiger partial charge in [0.1, 0.15) is 0 Å². The topological polar surface area (TPSA) is 40.1 Å². The van der Waals surface area contributed by atoms with Crippen LogP contribution in [0.5, 0.6) is 0 Å². The molecule has 0 radical (unpaired) electrons. The van der Waals surface area contributed by atoms with Gasteiger partial charge in [0, 0.05) is 0 Å². The Morgan fingerprint density at radius 2 is 2.09 bits per heavy atom. The largest absolute Gasteiger partial charge is 1.00 e. The number of rotatable bonds is 5. The number of hydrogen-bond acceptors (Lipinski definition) is 2. The summed E-state index contributed by atoms with van der Waals surface area (Å²) in [4.78, 5) is 9.83. The Morgan fingerprint density at radius 1 is 1.45 bits per heavy atom. The molecule has 0 aliphatic carbocycles. The first kappa shape index (κ1) is 13.4. The predicted molar refractivity (Wildman–Crippen MR) is 38.3 cm³/mol. The molecule has 0 unspecified atom stereocenters. The second-order valence-corrected chi connectivity index (χ2v) is 2.22.